The monoisotopic (exact) mass is 217 g/mol. The van der Waals surface area contributed by atoms with E-state index in [1.165, 1.54) is 13.0 Å². The molecule has 0 bridgehead atoms. The number of nitrogens with two attached hydrogens (primary N) is 1. The van der Waals surface area contributed by atoms with E-state index in [0.717, 1.165) is 25.0 Å². The summed E-state index contributed by atoms with van der Waals surface area (Å²) in [5.41, 5.74) is 5.21. The Morgan fingerprint density at radius 2 is 1.87 bits per heavy atom. The second kappa shape index (κ2) is 3.85. The lowest BCUT2D eigenvalue weighted by Crippen LogP contribution is -2.22. The molecule has 0 aromatic rings. The normalized spacial score (nSPS) is 20.7. The van der Waals surface area contributed by atoms with E-state index < -0.39 is 17.3 Å². The van der Waals surface area contributed by atoms with Gasteiger partial charge in [0.15, 0.2) is 0 Å². The molecule has 1 aliphatic carbocycles. The molecule has 0 aliphatic heterocycles. The van der Waals surface area contributed by atoms with Gasteiger partial charge in [-0.3, -0.25) is 0 Å². The SMILES string of the molecule is C=C(/C=C\C(=C/C)C(F)(F)F)C1(N)CC1. The summed E-state index contributed by atoms with van der Waals surface area (Å²) in [5.74, 6) is 0. The van der Waals surface area contributed by atoms with Gasteiger partial charge in [0.1, 0.15) is 0 Å². The van der Waals surface area contributed by atoms with E-state index in [1.807, 2.05) is 0 Å². The minimum atomic E-state index is -4.31. The van der Waals surface area contributed by atoms with Crippen molar-refractivity contribution >= 4 is 0 Å². The minimum absolute atomic E-state index is 0.457. The van der Waals surface area contributed by atoms with Crippen molar-refractivity contribution in [2.24, 2.45) is 5.73 Å². The lowest BCUT2D eigenvalue weighted by Gasteiger charge is -2.09. The van der Waals surface area contributed by atoms with Crippen LogP contribution in [0.3, 0.4) is 0 Å². The maximum atomic E-state index is 12.3. The summed E-state index contributed by atoms with van der Waals surface area (Å²) in [6, 6.07) is 0. The lowest BCUT2D eigenvalue weighted by atomic mass is 10.1. The lowest BCUT2D eigenvalue weighted by molar-refractivity contribution is -0.0883. The first-order chi connectivity index (χ1) is 6.79. The van der Waals surface area contributed by atoms with Crippen LogP contribution in [-0.2, 0) is 0 Å². The molecule has 0 amide bonds. The zero-order chi connectivity index (χ0) is 11.7. The predicted molar refractivity (Wildman–Crippen MR) is 54.2 cm³/mol. The average molecular weight is 217 g/mol. The fourth-order valence-corrected chi connectivity index (χ4v) is 1.17. The molecular weight excluding hydrogens is 203 g/mol. The maximum Gasteiger partial charge on any atom is 0.416 e. The Balaban J connectivity index is 2.68. The quantitative estimate of drug-likeness (QED) is 0.722. The molecule has 0 radical (unpaired) electrons. The Kier molecular flexibility index (Phi) is 3.09. The van der Waals surface area contributed by atoms with Crippen LogP contribution in [0, 0.1) is 0 Å². The van der Waals surface area contributed by atoms with Gasteiger partial charge in [-0.25, -0.2) is 0 Å². The maximum absolute atomic E-state index is 12.3. The highest BCUT2D eigenvalue weighted by atomic mass is 19.4. The molecule has 1 saturated carbocycles. The summed E-state index contributed by atoms with van der Waals surface area (Å²) in [4.78, 5) is 0. The highest BCUT2D eigenvalue weighted by molar-refractivity contribution is 5.38. The Morgan fingerprint density at radius 1 is 1.33 bits per heavy atom. The number of alkyl halides is 3. The highest BCUT2D eigenvalue weighted by Gasteiger charge is 2.40. The number of rotatable bonds is 3. The molecule has 1 fully saturated rings. The first-order valence-electron chi connectivity index (χ1n) is 4.69. The molecule has 0 saturated heterocycles. The molecule has 2 N–H and O–H groups in total. The van der Waals surface area contributed by atoms with Crippen molar-refractivity contribution in [2.75, 3.05) is 0 Å². The number of halogens is 3. The Morgan fingerprint density at radius 3 is 2.20 bits per heavy atom. The van der Waals surface area contributed by atoms with Crippen LogP contribution in [-0.4, -0.2) is 11.7 Å². The first kappa shape index (κ1) is 12.0. The van der Waals surface area contributed by atoms with E-state index in [1.54, 1.807) is 0 Å². The van der Waals surface area contributed by atoms with Crippen molar-refractivity contribution in [3.8, 4) is 0 Å². The van der Waals surface area contributed by atoms with E-state index in [4.69, 9.17) is 5.73 Å². The largest absolute Gasteiger partial charge is 0.416 e. The van der Waals surface area contributed by atoms with Gasteiger partial charge in [0.25, 0.3) is 0 Å². The smallest absolute Gasteiger partial charge is 0.321 e. The van der Waals surface area contributed by atoms with Gasteiger partial charge in [0.05, 0.1) is 5.57 Å². The van der Waals surface area contributed by atoms with Crippen molar-refractivity contribution < 1.29 is 13.2 Å². The summed E-state index contributed by atoms with van der Waals surface area (Å²) in [6.45, 7) is 5.02. The Labute approximate surface area is 87.2 Å². The van der Waals surface area contributed by atoms with Crippen LogP contribution in [0.1, 0.15) is 19.8 Å². The van der Waals surface area contributed by atoms with E-state index in [-0.39, 0.29) is 0 Å². The van der Waals surface area contributed by atoms with Crippen molar-refractivity contribution in [1.82, 2.24) is 0 Å². The van der Waals surface area contributed by atoms with Crippen LogP contribution in [0.4, 0.5) is 13.2 Å². The van der Waals surface area contributed by atoms with Crippen molar-refractivity contribution in [3.05, 3.63) is 36.0 Å². The summed E-state index contributed by atoms with van der Waals surface area (Å²) in [6.07, 6.45) is 0.697. The van der Waals surface area contributed by atoms with Crippen molar-refractivity contribution in [2.45, 2.75) is 31.5 Å². The van der Waals surface area contributed by atoms with Crippen LogP contribution in [0.25, 0.3) is 0 Å². The third kappa shape index (κ3) is 2.96. The molecule has 0 aromatic carbocycles. The van der Waals surface area contributed by atoms with Crippen molar-refractivity contribution in [1.29, 1.82) is 0 Å². The summed E-state index contributed by atoms with van der Waals surface area (Å²) >= 11 is 0. The molecule has 0 spiro atoms. The van der Waals surface area contributed by atoms with E-state index in [9.17, 15) is 13.2 Å². The van der Waals surface area contributed by atoms with Gasteiger partial charge in [0.2, 0.25) is 0 Å². The fraction of sp³-hybridized carbons (Fsp3) is 0.455. The standard InChI is InChI=1S/C11H14F3N/c1-3-9(11(12,13)14)5-4-8(2)10(15)6-7-10/h3-5H,2,6-7,15H2,1H3/b5-4-,9-3+. The predicted octanol–water partition coefficient (Wildman–Crippen LogP) is 3.10. The molecule has 0 heterocycles. The topological polar surface area (TPSA) is 26.0 Å². The number of allylic oxidation sites excluding steroid dienone is 3. The fourth-order valence-electron chi connectivity index (χ4n) is 1.17. The molecule has 4 heteroatoms. The molecule has 1 nitrogen and oxygen atoms in total. The average Bonchev–Trinajstić information content (AvgIpc) is 2.83. The second-order valence-electron chi connectivity index (χ2n) is 3.76. The van der Waals surface area contributed by atoms with Gasteiger partial charge in [-0.05, 0) is 25.3 Å². The zero-order valence-corrected chi connectivity index (χ0v) is 8.56. The molecule has 1 rings (SSSR count). The van der Waals surface area contributed by atoms with E-state index in [2.05, 4.69) is 6.58 Å². The van der Waals surface area contributed by atoms with E-state index in [0.29, 0.717) is 5.57 Å². The van der Waals surface area contributed by atoms with E-state index >= 15 is 0 Å². The number of hydrogen-bond acceptors (Lipinski definition) is 1. The molecule has 0 atom stereocenters. The second-order valence-corrected chi connectivity index (χ2v) is 3.76. The zero-order valence-electron chi connectivity index (χ0n) is 8.56. The summed E-state index contributed by atoms with van der Waals surface area (Å²) in [7, 11) is 0. The van der Waals surface area contributed by atoms with Crippen LogP contribution < -0.4 is 5.73 Å². The third-order valence-electron chi connectivity index (χ3n) is 2.53. The Bertz CT molecular complexity index is 319. The van der Waals surface area contributed by atoms with Gasteiger partial charge in [-0.15, -0.1) is 0 Å². The third-order valence-corrected chi connectivity index (χ3v) is 2.53. The molecular formula is C11H14F3N. The van der Waals surface area contributed by atoms with Crippen LogP contribution >= 0.6 is 0 Å². The first-order valence-corrected chi connectivity index (χ1v) is 4.69. The summed E-state index contributed by atoms with van der Waals surface area (Å²) < 4.78 is 36.9. The molecule has 15 heavy (non-hydrogen) atoms. The van der Waals surface area contributed by atoms with Gasteiger partial charge < -0.3 is 5.73 Å². The highest BCUT2D eigenvalue weighted by Crippen LogP contribution is 2.39. The molecule has 1 aliphatic rings. The van der Waals surface area contributed by atoms with Crippen molar-refractivity contribution in [3.63, 3.8) is 0 Å². The van der Waals surface area contributed by atoms with Gasteiger partial charge >= 0.3 is 6.18 Å². The van der Waals surface area contributed by atoms with Gasteiger partial charge in [-0.1, -0.05) is 24.8 Å². The van der Waals surface area contributed by atoms with Crippen LogP contribution in [0.2, 0.25) is 0 Å². The molecule has 0 unspecified atom stereocenters. The minimum Gasteiger partial charge on any atom is -0.321 e. The van der Waals surface area contributed by atoms with Gasteiger partial charge in [0, 0.05) is 5.54 Å². The van der Waals surface area contributed by atoms with Crippen LogP contribution in [0.15, 0.2) is 36.0 Å². The number of hydrogen-bond donors (Lipinski definition) is 1. The van der Waals surface area contributed by atoms with Crippen LogP contribution in [0.5, 0.6) is 0 Å². The van der Waals surface area contributed by atoms with Gasteiger partial charge in [-0.2, -0.15) is 13.2 Å². The Hall–Kier alpha value is -1.03. The molecule has 84 valence electrons. The summed E-state index contributed by atoms with van der Waals surface area (Å²) in [5, 5.41) is 0. The molecule has 0 aromatic heterocycles.